The molecule has 78 valence electrons. The average Bonchev–Trinajstić information content (AvgIpc) is 2.17. The summed E-state index contributed by atoms with van der Waals surface area (Å²) in [5.41, 5.74) is 6.04. The maximum absolute atomic E-state index is 13.6. The van der Waals surface area contributed by atoms with Crippen LogP contribution in [-0.2, 0) is 6.54 Å². The van der Waals surface area contributed by atoms with Crippen molar-refractivity contribution in [3.05, 3.63) is 21.9 Å². The molecular formula is C9H11BrFNO2. The molecule has 0 amide bonds. The highest BCUT2D eigenvalue weighted by molar-refractivity contribution is 9.10. The number of hydrogen-bond donors (Lipinski definition) is 1. The highest BCUT2D eigenvalue weighted by Crippen LogP contribution is 2.36. The van der Waals surface area contributed by atoms with E-state index in [1.807, 2.05) is 0 Å². The number of ether oxygens (including phenoxy) is 2. The lowest BCUT2D eigenvalue weighted by molar-refractivity contribution is 0.345. The molecule has 5 heteroatoms. The molecule has 0 unspecified atom stereocenters. The molecule has 1 aromatic carbocycles. The van der Waals surface area contributed by atoms with E-state index in [4.69, 9.17) is 15.2 Å². The zero-order valence-electron chi connectivity index (χ0n) is 7.93. The van der Waals surface area contributed by atoms with E-state index in [0.717, 1.165) is 0 Å². The van der Waals surface area contributed by atoms with E-state index in [9.17, 15) is 4.39 Å². The third-order valence-corrected chi connectivity index (χ3v) is 2.43. The van der Waals surface area contributed by atoms with E-state index in [1.54, 1.807) is 6.07 Å². The van der Waals surface area contributed by atoms with Crippen molar-refractivity contribution in [2.24, 2.45) is 5.73 Å². The Morgan fingerprint density at radius 1 is 1.36 bits per heavy atom. The fraction of sp³-hybridized carbons (Fsp3) is 0.333. The Labute approximate surface area is 90.1 Å². The summed E-state index contributed by atoms with van der Waals surface area (Å²) in [6.45, 7) is 0.211. The van der Waals surface area contributed by atoms with Gasteiger partial charge in [0, 0.05) is 12.1 Å². The molecule has 0 atom stereocenters. The number of hydrogen-bond acceptors (Lipinski definition) is 3. The van der Waals surface area contributed by atoms with Gasteiger partial charge < -0.3 is 15.2 Å². The third kappa shape index (κ3) is 1.83. The molecule has 0 fully saturated rings. The van der Waals surface area contributed by atoms with Crippen LogP contribution in [0.2, 0.25) is 0 Å². The topological polar surface area (TPSA) is 44.5 Å². The van der Waals surface area contributed by atoms with Crippen LogP contribution in [0.25, 0.3) is 0 Å². The molecule has 0 aliphatic rings. The Morgan fingerprint density at radius 2 is 1.93 bits per heavy atom. The van der Waals surface area contributed by atoms with Crippen LogP contribution in [0.3, 0.4) is 0 Å². The van der Waals surface area contributed by atoms with Gasteiger partial charge in [-0.05, 0) is 22.0 Å². The molecule has 0 radical (unpaired) electrons. The molecule has 1 rings (SSSR count). The van der Waals surface area contributed by atoms with Crippen LogP contribution < -0.4 is 15.2 Å². The maximum atomic E-state index is 13.6. The van der Waals surface area contributed by atoms with Crippen LogP contribution >= 0.6 is 15.9 Å². The predicted octanol–water partition coefficient (Wildman–Crippen LogP) is 2.06. The third-order valence-electron chi connectivity index (χ3n) is 1.84. The number of methoxy groups -OCH3 is 2. The van der Waals surface area contributed by atoms with Crippen LogP contribution in [0.5, 0.6) is 11.5 Å². The first-order valence-corrected chi connectivity index (χ1v) is 4.73. The summed E-state index contributed by atoms with van der Waals surface area (Å²) >= 11 is 3.19. The SMILES string of the molecule is COc1c(Br)cc(CN)c(OC)c1F. The molecule has 0 spiro atoms. The van der Waals surface area contributed by atoms with E-state index in [0.29, 0.717) is 10.0 Å². The van der Waals surface area contributed by atoms with Gasteiger partial charge in [-0.25, -0.2) is 0 Å². The minimum atomic E-state index is -0.537. The van der Waals surface area contributed by atoms with Crippen molar-refractivity contribution in [2.45, 2.75) is 6.54 Å². The van der Waals surface area contributed by atoms with Gasteiger partial charge in [-0.15, -0.1) is 0 Å². The summed E-state index contributed by atoms with van der Waals surface area (Å²) in [7, 11) is 2.79. The molecule has 0 aliphatic heterocycles. The Hall–Kier alpha value is -0.810. The first-order valence-electron chi connectivity index (χ1n) is 3.94. The van der Waals surface area contributed by atoms with Crippen molar-refractivity contribution in [1.29, 1.82) is 0 Å². The highest BCUT2D eigenvalue weighted by atomic mass is 79.9. The van der Waals surface area contributed by atoms with Crippen molar-refractivity contribution in [1.82, 2.24) is 0 Å². The lowest BCUT2D eigenvalue weighted by atomic mass is 10.2. The quantitative estimate of drug-likeness (QED) is 0.908. The zero-order chi connectivity index (χ0) is 10.7. The molecule has 1 aromatic rings. The molecule has 0 saturated heterocycles. The summed E-state index contributed by atoms with van der Waals surface area (Å²) in [6, 6.07) is 1.68. The van der Waals surface area contributed by atoms with Crippen LogP contribution in [0.1, 0.15) is 5.56 Å². The van der Waals surface area contributed by atoms with Crippen LogP contribution in [0, 0.1) is 5.82 Å². The Morgan fingerprint density at radius 3 is 2.36 bits per heavy atom. The largest absolute Gasteiger partial charge is 0.493 e. The molecule has 14 heavy (non-hydrogen) atoms. The lowest BCUT2D eigenvalue weighted by Gasteiger charge is -2.12. The van der Waals surface area contributed by atoms with Gasteiger partial charge in [-0.3, -0.25) is 0 Å². The van der Waals surface area contributed by atoms with Crippen molar-refractivity contribution in [3.63, 3.8) is 0 Å². The van der Waals surface area contributed by atoms with Gasteiger partial charge >= 0.3 is 0 Å². The minimum absolute atomic E-state index is 0.124. The summed E-state index contributed by atoms with van der Waals surface area (Å²) < 4.78 is 24.0. The summed E-state index contributed by atoms with van der Waals surface area (Å²) in [5.74, 6) is -0.281. The number of rotatable bonds is 3. The highest BCUT2D eigenvalue weighted by Gasteiger charge is 2.17. The smallest absolute Gasteiger partial charge is 0.208 e. The maximum Gasteiger partial charge on any atom is 0.208 e. The van der Waals surface area contributed by atoms with Gasteiger partial charge in [0.25, 0.3) is 0 Å². The van der Waals surface area contributed by atoms with Gasteiger partial charge in [0.05, 0.1) is 18.7 Å². The number of halogens is 2. The molecule has 0 aliphatic carbocycles. The van der Waals surface area contributed by atoms with Crippen molar-refractivity contribution < 1.29 is 13.9 Å². The summed E-state index contributed by atoms with van der Waals surface area (Å²) in [4.78, 5) is 0. The van der Waals surface area contributed by atoms with Gasteiger partial charge in [0.1, 0.15) is 0 Å². The summed E-state index contributed by atoms with van der Waals surface area (Å²) in [6.07, 6.45) is 0. The Balaban J connectivity index is 3.39. The zero-order valence-corrected chi connectivity index (χ0v) is 9.52. The first kappa shape index (κ1) is 11.3. The summed E-state index contributed by atoms with van der Waals surface area (Å²) in [5, 5.41) is 0. The van der Waals surface area contributed by atoms with Crippen molar-refractivity contribution in [2.75, 3.05) is 14.2 Å². The Bertz CT molecular complexity index is 344. The second-order valence-electron chi connectivity index (χ2n) is 2.60. The Kier molecular flexibility index (Phi) is 3.71. The monoisotopic (exact) mass is 263 g/mol. The molecule has 0 heterocycles. The van der Waals surface area contributed by atoms with Gasteiger partial charge in [-0.2, -0.15) is 4.39 Å². The molecule has 3 nitrogen and oxygen atoms in total. The van der Waals surface area contributed by atoms with E-state index < -0.39 is 5.82 Å². The van der Waals surface area contributed by atoms with E-state index >= 15 is 0 Å². The fourth-order valence-corrected chi connectivity index (χ4v) is 1.80. The van der Waals surface area contributed by atoms with E-state index in [1.165, 1.54) is 14.2 Å². The fourth-order valence-electron chi connectivity index (χ4n) is 1.19. The van der Waals surface area contributed by atoms with Crippen LogP contribution in [0.4, 0.5) is 4.39 Å². The predicted molar refractivity (Wildman–Crippen MR) is 55.1 cm³/mol. The molecule has 0 saturated carbocycles. The second-order valence-corrected chi connectivity index (χ2v) is 3.46. The van der Waals surface area contributed by atoms with Gasteiger partial charge in [-0.1, -0.05) is 0 Å². The van der Waals surface area contributed by atoms with Gasteiger partial charge in [0.2, 0.25) is 5.82 Å². The normalized spacial score (nSPS) is 10.1. The van der Waals surface area contributed by atoms with E-state index in [2.05, 4.69) is 15.9 Å². The molecule has 0 bridgehead atoms. The molecular weight excluding hydrogens is 253 g/mol. The lowest BCUT2D eigenvalue weighted by Crippen LogP contribution is -2.03. The van der Waals surface area contributed by atoms with Crippen LogP contribution in [-0.4, -0.2) is 14.2 Å². The minimum Gasteiger partial charge on any atom is -0.493 e. The molecule has 2 N–H and O–H groups in total. The second kappa shape index (κ2) is 4.61. The molecule has 0 aromatic heterocycles. The standard InChI is InChI=1S/C9H11BrFNO2/c1-13-8-5(4-12)3-6(10)9(14-2)7(8)11/h3H,4,12H2,1-2H3. The van der Waals surface area contributed by atoms with Crippen molar-refractivity contribution >= 4 is 15.9 Å². The first-order chi connectivity index (χ1) is 6.65. The van der Waals surface area contributed by atoms with E-state index in [-0.39, 0.29) is 18.0 Å². The van der Waals surface area contributed by atoms with Gasteiger partial charge in [0.15, 0.2) is 11.5 Å². The average molecular weight is 264 g/mol. The number of benzene rings is 1. The van der Waals surface area contributed by atoms with Crippen molar-refractivity contribution in [3.8, 4) is 11.5 Å². The van der Waals surface area contributed by atoms with Crippen LogP contribution in [0.15, 0.2) is 10.5 Å². The number of nitrogens with two attached hydrogens (primary N) is 1.